The van der Waals surface area contributed by atoms with E-state index in [2.05, 4.69) is 51.0 Å². The quantitative estimate of drug-likeness (QED) is 0.430. The molecule has 1 aliphatic rings. The predicted octanol–water partition coefficient (Wildman–Crippen LogP) is 3.93. The zero-order chi connectivity index (χ0) is 26.0. The van der Waals surface area contributed by atoms with Crippen LogP contribution in [-0.2, 0) is 0 Å². The molecule has 4 aromatic rings. The van der Waals surface area contributed by atoms with Crippen LogP contribution in [0.1, 0.15) is 31.1 Å². The summed E-state index contributed by atoms with van der Waals surface area (Å²) in [6.07, 6.45) is 3.45. The first-order valence-corrected chi connectivity index (χ1v) is 12.5. The number of ether oxygens (including phenoxy) is 1. The number of hydrogen-bond donors (Lipinski definition) is 1. The van der Waals surface area contributed by atoms with Gasteiger partial charge in [0.15, 0.2) is 5.65 Å². The SMILES string of the molecule is COc1ccc(C(=O)NCC(C)(C)C)cc1N1CCN(c2ncnc3c2cnn3-c2ccccc2)CC1. The fourth-order valence-corrected chi connectivity index (χ4v) is 4.53. The van der Waals surface area contributed by atoms with Gasteiger partial charge in [-0.2, -0.15) is 5.10 Å². The molecule has 1 N–H and O–H groups in total. The number of para-hydroxylation sites is 1. The molecule has 192 valence electrons. The van der Waals surface area contributed by atoms with Crippen molar-refractivity contribution in [1.82, 2.24) is 25.1 Å². The van der Waals surface area contributed by atoms with E-state index in [1.165, 1.54) is 0 Å². The van der Waals surface area contributed by atoms with Crippen LogP contribution < -0.4 is 19.9 Å². The molecule has 0 bridgehead atoms. The first-order valence-electron chi connectivity index (χ1n) is 12.5. The average molecular weight is 500 g/mol. The van der Waals surface area contributed by atoms with Crippen LogP contribution in [0.15, 0.2) is 61.1 Å². The van der Waals surface area contributed by atoms with Crippen molar-refractivity contribution in [2.75, 3.05) is 49.6 Å². The van der Waals surface area contributed by atoms with Crippen molar-refractivity contribution in [3.8, 4) is 11.4 Å². The van der Waals surface area contributed by atoms with Gasteiger partial charge in [0.05, 0.1) is 30.1 Å². The molecule has 1 amide bonds. The van der Waals surface area contributed by atoms with Gasteiger partial charge in [-0.1, -0.05) is 39.0 Å². The molecular weight excluding hydrogens is 466 g/mol. The number of fused-ring (bicyclic) bond motifs is 1. The summed E-state index contributed by atoms with van der Waals surface area (Å²) in [4.78, 5) is 26.4. The Bertz CT molecular complexity index is 1390. The van der Waals surface area contributed by atoms with Gasteiger partial charge in [-0.25, -0.2) is 14.6 Å². The van der Waals surface area contributed by atoms with Gasteiger partial charge in [-0.05, 0) is 35.7 Å². The van der Waals surface area contributed by atoms with Crippen LogP contribution in [0.3, 0.4) is 0 Å². The Labute approximate surface area is 217 Å². The van der Waals surface area contributed by atoms with Crippen molar-refractivity contribution in [1.29, 1.82) is 0 Å². The first kappa shape index (κ1) is 24.5. The minimum atomic E-state index is -0.0729. The van der Waals surface area contributed by atoms with Gasteiger partial charge in [-0.15, -0.1) is 0 Å². The van der Waals surface area contributed by atoms with Crippen LogP contribution in [0.4, 0.5) is 11.5 Å². The fourth-order valence-electron chi connectivity index (χ4n) is 4.53. The molecule has 0 spiro atoms. The van der Waals surface area contributed by atoms with E-state index >= 15 is 0 Å². The van der Waals surface area contributed by atoms with E-state index in [0.717, 1.165) is 60.2 Å². The number of amides is 1. The Kier molecular flexibility index (Phi) is 6.69. The first-order chi connectivity index (χ1) is 17.8. The summed E-state index contributed by atoms with van der Waals surface area (Å²) in [5.74, 6) is 1.57. The van der Waals surface area contributed by atoms with E-state index in [4.69, 9.17) is 4.74 Å². The van der Waals surface area contributed by atoms with E-state index in [1.54, 1.807) is 13.4 Å². The molecule has 0 radical (unpaired) electrons. The number of aromatic nitrogens is 4. The molecule has 9 nitrogen and oxygen atoms in total. The third kappa shape index (κ3) is 5.21. The monoisotopic (exact) mass is 499 g/mol. The molecule has 0 unspecified atom stereocenters. The smallest absolute Gasteiger partial charge is 0.251 e. The van der Waals surface area contributed by atoms with Crippen molar-refractivity contribution in [2.24, 2.45) is 5.41 Å². The summed E-state index contributed by atoms with van der Waals surface area (Å²) in [6, 6.07) is 15.6. The highest BCUT2D eigenvalue weighted by Gasteiger charge is 2.24. The maximum absolute atomic E-state index is 12.8. The number of piperazine rings is 1. The third-order valence-corrected chi connectivity index (χ3v) is 6.49. The summed E-state index contributed by atoms with van der Waals surface area (Å²) in [5, 5.41) is 8.55. The van der Waals surface area contributed by atoms with Gasteiger partial charge in [0.25, 0.3) is 5.91 Å². The lowest BCUT2D eigenvalue weighted by Crippen LogP contribution is -2.47. The summed E-state index contributed by atoms with van der Waals surface area (Å²) < 4.78 is 7.49. The van der Waals surface area contributed by atoms with Crippen molar-refractivity contribution < 1.29 is 9.53 Å². The Balaban J connectivity index is 1.34. The molecule has 9 heteroatoms. The minimum absolute atomic E-state index is 0.0191. The van der Waals surface area contributed by atoms with Gasteiger partial charge in [0, 0.05) is 38.3 Å². The van der Waals surface area contributed by atoms with Gasteiger partial charge < -0.3 is 19.9 Å². The van der Waals surface area contributed by atoms with Gasteiger partial charge >= 0.3 is 0 Å². The maximum atomic E-state index is 12.8. The predicted molar refractivity (Wildman–Crippen MR) is 146 cm³/mol. The molecule has 2 aromatic heterocycles. The van der Waals surface area contributed by atoms with Crippen LogP contribution in [-0.4, -0.2) is 65.5 Å². The van der Waals surface area contributed by atoms with Crippen LogP contribution >= 0.6 is 0 Å². The lowest BCUT2D eigenvalue weighted by molar-refractivity contribution is 0.0939. The molecule has 0 saturated carbocycles. The molecular formula is C28H33N7O2. The van der Waals surface area contributed by atoms with Crippen molar-refractivity contribution in [3.63, 3.8) is 0 Å². The lowest BCUT2D eigenvalue weighted by atomic mass is 9.97. The Morgan fingerprint density at radius 2 is 1.73 bits per heavy atom. The second-order valence-corrected chi connectivity index (χ2v) is 10.4. The van der Waals surface area contributed by atoms with E-state index in [1.807, 2.05) is 59.4 Å². The summed E-state index contributed by atoms with van der Waals surface area (Å²) >= 11 is 0. The molecule has 0 atom stereocenters. The van der Waals surface area contributed by atoms with E-state index in [0.29, 0.717) is 12.1 Å². The highest BCUT2D eigenvalue weighted by Crippen LogP contribution is 2.32. The number of hydrogen-bond acceptors (Lipinski definition) is 7. The Morgan fingerprint density at radius 3 is 2.43 bits per heavy atom. The number of anilines is 2. The Hall–Kier alpha value is -4.14. The van der Waals surface area contributed by atoms with E-state index in [-0.39, 0.29) is 11.3 Å². The number of carbonyl (C=O) groups excluding carboxylic acids is 1. The zero-order valence-electron chi connectivity index (χ0n) is 21.8. The number of methoxy groups -OCH3 is 1. The second kappa shape index (κ2) is 10.1. The van der Waals surface area contributed by atoms with E-state index < -0.39 is 0 Å². The maximum Gasteiger partial charge on any atom is 0.251 e. The lowest BCUT2D eigenvalue weighted by Gasteiger charge is -2.37. The van der Waals surface area contributed by atoms with Crippen molar-refractivity contribution >= 4 is 28.4 Å². The summed E-state index contributed by atoms with van der Waals surface area (Å²) in [5.41, 5.74) is 3.33. The summed E-state index contributed by atoms with van der Waals surface area (Å²) in [6.45, 7) is 9.99. The number of benzene rings is 2. The topological polar surface area (TPSA) is 88.4 Å². The zero-order valence-corrected chi connectivity index (χ0v) is 21.8. The molecule has 1 saturated heterocycles. The largest absolute Gasteiger partial charge is 0.495 e. The van der Waals surface area contributed by atoms with Gasteiger partial charge in [0.1, 0.15) is 17.9 Å². The second-order valence-electron chi connectivity index (χ2n) is 10.4. The van der Waals surface area contributed by atoms with Gasteiger partial charge in [0.2, 0.25) is 0 Å². The number of carbonyl (C=O) groups is 1. The average Bonchev–Trinajstić information content (AvgIpc) is 3.36. The number of nitrogens with one attached hydrogen (secondary N) is 1. The molecule has 0 aliphatic carbocycles. The number of nitrogens with zero attached hydrogens (tertiary/aromatic N) is 6. The van der Waals surface area contributed by atoms with Gasteiger partial charge in [-0.3, -0.25) is 4.79 Å². The van der Waals surface area contributed by atoms with Crippen LogP contribution in [0.5, 0.6) is 5.75 Å². The van der Waals surface area contributed by atoms with Crippen molar-refractivity contribution in [2.45, 2.75) is 20.8 Å². The molecule has 1 fully saturated rings. The molecule has 2 aromatic carbocycles. The van der Waals surface area contributed by atoms with Crippen LogP contribution in [0, 0.1) is 5.41 Å². The fraction of sp³-hybridized carbons (Fsp3) is 0.357. The van der Waals surface area contributed by atoms with E-state index in [9.17, 15) is 4.79 Å². The Morgan fingerprint density at radius 1 is 1.00 bits per heavy atom. The third-order valence-electron chi connectivity index (χ3n) is 6.49. The van der Waals surface area contributed by atoms with Crippen LogP contribution in [0.2, 0.25) is 0 Å². The molecule has 3 heterocycles. The minimum Gasteiger partial charge on any atom is -0.495 e. The van der Waals surface area contributed by atoms with Crippen LogP contribution in [0.25, 0.3) is 16.7 Å². The van der Waals surface area contributed by atoms with Crippen molar-refractivity contribution in [3.05, 3.63) is 66.6 Å². The highest BCUT2D eigenvalue weighted by atomic mass is 16.5. The molecule has 5 rings (SSSR count). The standard InChI is InChI=1S/C28H33N7O2/c1-28(2,3)18-29-27(36)20-10-11-24(37-4)23(16-20)33-12-14-34(15-13-33)25-22-17-32-35(26(22)31-19-30-25)21-8-6-5-7-9-21/h5-11,16-17,19H,12-15,18H2,1-4H3,(H,29,36). The molecule has 37 heavy (non-hydrogen) atoms. The highest BCUT2D eigenvalue weighted by molar-refractivity contribution is 5.95. The molecule has 1 aliphatic heterocycles. The summed E-state index contributed by atoms with van der Waals surface area (Å²) in [7, 11) is 1.66. The number of rotatable bonds is 6. The normalized spacial score (nSPS) is 14.2.